The number of amides is 1. The van der Waals surface area contributed by atoms with Crippen LogP contribution in [0.1, 0.15) is 5.56 Å². The molecule has 16 heavy (non-hydrogen) atoms. The minimum atomic E-state index is -0.909. The van der Waals surface area contributed by atoms with Crippen LogP contribution in [0.3, 0.4) is 0 Å². The molecular formula is C12H13NO3. The van der Waals surface area contributed by atoms with Crippen molar-refractivity contribution in [2.24, 2.45) is 0 Å². The molecule has 0 bridgehead atoms. The van der Waals surface area contributed by atoms with E-state index in [1.807, 2.05) is 24.3 Å². The van der Waals surface area contributed by atoms with Crippen molar-refractivity contribution >= 4 is 17.1 Å². The first-order valence-corrected chi connectivity index (χ1v) is 5.07. The summed E-state index contributed by atoms with van der Waals surface area (Å²) in [5.74, 6) is 0. The number of hydrogen-bond donors (Lipinski definition) is 1. The lowest BCUT2D eigenvalue weighted by Gasteiger charge is -2.11. The molecule has 4 nitrogen and oxygen atoms in total. The quantitative estimate of drug-likeness (QED) is 0.863. The minimum absolute atomic E-state index is 0.471. The Morgan fingerprint density at radius 3 is 2.94 bits per heavy atom. The summed E-state index contributed by atoms with van der Waals surface area (Å²) in [6, 6.07) is 7.75. The van der Waals surface area contributed by atoms with Gasteiger partial charge in [-0.05, 0) is 18.1 Å². The highest BCUT2D eigenvalue weighted by Crippen LogP contribution is 2.20. The van der Waals surface area contributed by atoms with E-state index in [-0.39, 0.29) is 0 Å². The van der Waals surface area contributed by atoms with E-state index in [0.717, 1.165) is 16.5 Å². The fraction of sp³-hybridized carbons (Fsp3) is 0.250. The maximum Gasteiger partial charge on any atom is 0.407 e. The van der Waals surface area contributed by atoms with Crippen LogP contribution in [0.15, 0.2) is 34.9 Å². The molecule has 0 aliphatic heterocycles. The van der Waals surface area contributed by atoms with Gasteiger partial charge in [0.2, 0.25) is 0 Å². The summed E-state index contributed by atoms with van der Waals surface area (Å²) >= 11 is 0. The van der Waals surface area contributed by atoms with Gasteiger partial charge in [-0.1, -0.05) is 18.2 Å². The summed E-state index contributed by atoms with van der Waals surface area (Å²) < 4.78 is 5.38. The van der Waals surface area contributed by atoms with Crippen LogP contribution in [0.4, 0.5) is 4.79 Å². The summed E-state index contributed by atoms with van der Waals surface area (Å²) in [6.07, 6.45) is 1.45. The predicted molar refractivity (Wildman–Crippen MR) is 60.6 cm³/mol. The second-order valence-corrected chi connectivity index (χ2v) is 3.71. The molecule has 0 saturated heterocycles. The van der Waals surface area contributed by atoms with Crippen LogP contribution in [-0.4, -0.2) is 29.7 Å². The van der Waals surface area contributed by atoms with Crippen molar-refractivity contribution in [1.82, 2.24) is 4.90 Å². The molecule has 0 fully saturated rings. The lowest BCUT2D eigenvalue weighted by atomic mass is 10.1. The number of furan rings is 1. The number of para-hydroxylation sites is 1. The molecule has 0 saturated carbocycles. The average Bonchev–Trinajstić information content (AvgIpc) is 2.69. The highest BCUT2D eigenvalue weighted by Gasteiger charge is 2.08. The summed E-state index contributed by atoms with van der Waals surface area (Å²) in [5, 5.41) is 9.78. The van der Waals surface area contributed by atoms with Gasteiger partial charge in [-0.15, -0.1) is 0 Å². The maximum absolute atomic E-state index is 10.6. The van der Waals surface area contributed by atoms with Gasteiger partial charge in [-0.3, -0.25) is 0 Å². The molecule has 84 valence electrons. The van der Waals surface area contributed by atoms with Crippen LogP contribution in [0.2, 0.25) is 0 Å². The Kier molecular flexibility index (Phi) is 2.81. The van der Waals surface area contributed by atoms with Gasteiger partial charge in [0.25, 0.3) is 0 Å². The first-order valence-electron chi connectivity index (χ1n) is 5.07. The normalized spacial score (nSPS) is 10.6. The van der Waals surface area contributed by atoms with Gasteiger partial charge in [-0.2, -0.15) is 0 Å². The Labute approximate surface area is 93.1 Å². The lowest BCUT2D eigenvalue weighted by molar-refractivity contribution is 0.156. The Balaban J connectivity index is 2.13. The number of benzene rings is 1. The van der Waals surface area contributed by atoms with Crippen molar-refractivity contribution in [3.8, 4) is 0 Å². The Morgan fingerprint density at radius 1 is 1.44 bits per heavy atom. The number of nitrogens with zero attached hydrogens (tertiary/aromatic N) is 1. The SMILES string of the molecule is CN(CCc1coc2ccccc12)C(=O)O. The van der Waals surface area contributed by atoms with Gasteiger partial charge in [-0.25, -0.2) is 4.79 Å². The first-order chi connectivity index (χ1) is 7.68. The second kappa shape index (κ2) is 4.26. The van der Waals surface area contributed by atoms with Crippen molar-refractivity contribution in [1.29, 1.82) is 0 Å². The third-order valence-electron chi connectivity index (χ3n) is 2.60. The molecule has 1 aromatic carbocycles. The van der Waals surface area contributed by atoms with E-state index in [2.05, 4.69) is 0 Å². The first kappa shape index (κ1) is 10.5. The molecule has 2 rings (SSSR count). The van der Waals surface area contributed by atoms with E-state index in [0.29, 0.717) is 13.0 Å². The zero-order valence-electron chi connectivity index (χ0n) is 9.01. The Bertz CT molecular complexity index is 504. The zero-order chi connectivity index (χ0) is 11.5. The van der Waals surface area contributed by atoms with Gasteiger partial charge in [0, 0.05) is 19.0 Å². The van der Waals surface area contributed by atoms with Crippen LogP contribution in [-0.2, 0) is 6.42 Å². The van der Waals surface area contributed by atoms with E-state index < -0.39 is 6.09 Å². The van der Waals surface area contributed by atoms with Gasteiger partial charge in [0.15, 0.2) is 0 Å². The van der Waals surface area contributed by atoms with Gasteiger partial charge in [0.05, 0.1) is 6.26 Å². The van der Waals surface area contributed by atoms with E-state index in [1.54, 1.807) is 13.3 Å². The third kappa shape index (κ3) is 2.00. The second-order valence-electron chi connectivity index (χ2n) is 3.71. The number of carbonyl (C=O) groups is 1. The molecule has 2 aromatic rings. The van der Waals surface area contributed by atoms with E-state index in [1.165, 1.54) is 4.90 Å². The highest BCUT2D eigenvalue weighted by atomic mass is 16.4. The number of carboxylic acid groups (broad SMARTS) is 1. The highest BCUT2D eigenvalue weighted by molar-refractivity contribution is 5.80. The third-order valence-corrected chi connectivity index (χ3v) is 2.60. The molecule has 0 unspecified atom stereocenters. The molecule has 0 atom stereocenters. The Morgan fingerprint density at radius 2 is 2.19 bits per heavy atom. The van der Waals surface area contributed by atoms with Crippen molar-refractivity contribution in [2.75, 3.05) is 13.6 Å². The summed E-state index contributed by atoms with van der Waals surface area (Å²) in [7, 11) is 1.56. The summed E-state index contributed by atoms with van der Waals surface area (Å²) in [5.41, 5.74) is 1.89. The van der Waals surface area contributed by atoms with Crippen LogP contribution in [0.25, 0.3) is 11.0 Å². The average molecular weight is 219 g/mol. The van der Waals surface area contributed by atoms with Gasteiger partial charge >= 0.3 is 6.09 Å². The molecule has 4 heteroatoms. The molecular weight excluding hydrogens is 206 g/mol. The van der Waals surface area contributed by atoms with Crippen LogP contribution >= 0.6 is 0 Å². The lowest BCUT2D eigenvalue weighted by Crippen LogP contribution is -2.26. The number of rotatable bonds is 3. The fourth-order valence-electron chi connectivity index (χ4n) is 1.61. The molecule has 1 amide bonds. The van der Waals surface area contributed by atoms with Crippen LogP contribution in [0, 0.1) is 0 Å². The number of likely N-dealkylation sites (N-methyl/N-ethyl adjacent to an activating group) is 1. The van der Waals surface area contributed by atoms with Crippen molar-refractivity contribution in [3.05, 3.63) is 36.1 Å². The topological polar surface area (TPSA) is 53.7 Å². The molecule has 0 radical (unpaired) electrons. The monoisotopic (exact) mass is 219 g/mol. The Hall–Kier alpha value is -1.97. The maximum atomic E-state index is 10.6. The van der Waals surface area contributed by atoms with Gasteiger partial charge in [0.1, 0.15) is 5.58 Å². The van der Waals surface area contributed by atoms with Crippen molar-refractivity contribution in [3.63, 3.8) is 0 Å². The number of fused-ring (bicyclic) bond motifs is 1. The predicted octanol–water partition coefficient (Wildman–Crippen LogP) is 2.59. The molecule has 1 aromatic heterocycles. The molecule has 0 aliphatic rings. The van der Waals surface area contributed by atoms with Crippen LogP contribution in [0.5, 0.6) is 0 Å². The van der Waals surface area contributed by atoms with E-state index in [4.69, 9.17) is 9.52 Å². The molecule has 1 heterocycles. The number of hydrogen-bond acceptors (Lipinski definition) is 2. The largest absolute Gasteiger partial charge is 0.465 e. The van der Waals surface area contributed by atoms with Gasteiger partial charge < -0.3 is 14.4 Å². The van der Waals surface area contributed by atoms with Crippen molar-refractivity contribution < 1.29 is 14.3 Å². The van der Waals surface area contributed by atoms with E-state index >= 15 is 0 Å². The standard InChI is InChI=1S/C12H13NO3/c1-13(12(14)15)7-6-9-8-16-11-5-3-2-4-10(9)11/h2-5,8H,6-7H2,1H3,(H,14,15). The zero-order valence-corrected chi connectivity index (χ0v) is 9.01. The minimum Gasteiger partial charge on any atom is -0.465 e. The molecule has 1 N–H and O–H groups in total. The fourth-order valence-corrected chi connectivity index (χ4v) is 1.61. The molecule has 0 aliphatic carbocycles. The van der Waals surface area contributed by atoms with Crippen LogP contribution < -0.4 is 0 Å². The van der Waals surface area contributed by atoms with E-state index in [9.17, 15) is 4.79 Å². The smallest absolute Gasteiger partial charge is 0.407 e. The summed E-state index contributed by atoms with van der Waals surface area (Å²) in [6.45, 7) is 0.471. The summed E-state index contributed by atoms with van der Waals surface area (Å²) in [4.78, 5) is 11.9. The molecule has 0 spiro atoms. The van der Waals surface area contributed by atoms with Crippen molar-refractivity contribution in [2.45, 2.75) is 6.42 Å².